The summed E-state index contributed by atoms with van der Waals surface area (Å²) in [7, 11) is 1.61. The number of rotatable bonds is 2. The fourth-order valence-electron chi connectivity index (χ4n) is 3.04. The van der Waals surface area contributed by atoms with Gasteiger partial charge in [0.05, 0.1) is 18.2 Å². The minimum atomic E-state index is -0.369. The van der Waals surface area contributed by atoms with E-state index in [9.17, 15) is 5.11 Å². The molecule has 0 spiro atoms. The molecule has 0 aromatic heterocycles. The summed E-state index contributed by atoms with van der Waals surface area (Å²) >= 11 is 12.3. The predicted molar refractivity (Wildman–Crippen MR) is 85.6 cm³/mol. The van der Waals surface area contributed by atoms with Gasteiger partial charge in [-0.25, -0.2) is 0 Å². The summed E-state index contributed by atoms with van der Waals surface area (Å²) in [6.07, 6.45) is 0.930. The van der Waals surface area contributed by atoms with Gasteiger partial charge in [-0.2, -0.15) is 0 Å². The van der Waals surface area contributed by atoms with Crippen LogP contribution in [0, 0.1) is 0 Å². The fraction of sp³-hybridized carbons (Fsp3) is 0.294. The highest BCUT2D eigenvalue weighted by Crippen LogP contribution is 2.41. The van der Waals surface area contributed by atoms with E-state index in [1.807, 2.05) is 36.4 Å². The Labute approximate surface area is 134 Å². The van der Waals surface area contributed by atoms with Crippen molar-refractivity contribution in [1.82, 2.24) is 0 Å². The molecule has 1 aliphatic carbocycles. The van der Waals surface area contributed by atoms with Crippen molar-refractivity contribution in [1.29, 1.82) is 0 Å². The van der Waals surface area contributed by atoms with Crippen molar-refractivity contribution in [3.8, 4) is 5.75 Å². The molecule has 4 heteroatoms. The number of fused-ring (bicyclic) bond motifs is 1. The van der Waals surface area contributed by atoms with Gasteiger partial charge in [0.1, 0.15) is 5.75 Å². The van der Waals surface area contributed by atoms with Crippen molar-refractivity contribution in [2.24, 2.45) is 0 Å². The van der Waals surface area contributed by atoms with E-state index in [0.29, 0.717) is 28.6 Å². The first-order chi connectivity index (χ1) is 10.1. The molecule has 0 heterocycles. The number of benzene rings is 2. The van der Waals surface area contributed by atoms with E-state index in [1.165, 1.54) is 0 Å². The van der Waals surface area contributed by atoms with E-state index in [2.05, 4.69) is 0 Å². The Balaban J connectivity index is 2.12. The van der Waals surface area contributed by atoms with E-state index < -0.39 is 0 Å². The van der Waals surface area contributed by atoms with Crippen LogP contribution in [0.1, 0.15) is 29.0 Å². The molecule has 0 radical (unpaired) electrons. The minimum absolute atomic E-state index is 0.105. The third-order valence-electron chi connectivity index (χ3n) is 4.00. The van der Waals surface area contributed by atoms with Crippen molar-refractivity contribution in [2.75, 3.05) is 7.11 Å². The van der Waals surface area contributed by atoms with Crippen molar-refractivity contribution in [2.45, 2.75) is 24.9 Å². The average molecular weight is 323 g/mol. The maximum Gasteiger partial charge on any atom is 0.137 e. The topological polar surface area (TPSA) is 29.5 Å². The van der Waals surface area contributed by atoms with Crippen LogP contribution in [0.3, 0.4) is 0 Å². The first-order valence-corrected chi connectivity index (χ1v) is 7.64. The molecule has 2 nitrogen and oxygen atoms in total. The molecule has 0 bridgehead atoms. The largest absolute Gasteiger partial charge is 0.495 e. The van der Waals surface area contributed by atoms with Gasteiger partial charge in [0.2, 0.25) is 0 Å². The van der Waals surface area contributed by atoms with Crippen LogP contribution in [0.15, 0.2) is 36.4 Å². The Morgan fingerprint density at radius 1 is 1.19 bits per heavy atom. The summed E-state index contributed by atoms with van der Waals surface area (Å²) in [4.78, 5) is 0. The van der Waals surface area contributed by atoms with Crippen LogP contribution in [0.4, 0.5) is 0 Å². The van der Waals surface area contributed by atoms with Crippen LogP contribution in [-0.4, -0.2) is 18.3 Å². The van der Waals surface area contributed by atoms with Crippen LogP contribution < -0.4 is 4.74 Å². The zero-order valence-electron chi connectivity index (χ0n) is 11.6. The molecule has 2 aromatic rings. The molecule has 3 rings (SSSR count). The van der Waals surface area contributed by atoms with Gasteiger partial charge in [-0.05, 0) is 53.8 Å². The highest BCUT2D eigenvalue weighted by Gasteiger charge is 2.28. The van der Waals surface area contributed by atoms with Gasteiger partial charge in [-0.1, -0.05) is 35.3 Å². The molecule has 110 valence electrons. The van der Waals surface area contributed by atoms with Gasteiger partial charge in [-0.15, -0.1) is 0 Å². The van der Waals surface area contributed by atoms with E-state index >= 15 is 0 Å². The lowest BCUT2D eigenvalue weighted by Crippen LogP contribution is -2.23. The normalized spacial score (nSPS) is 21.0. The van der Waals surface area contributed by atoms with Gasteiger partial charge in [0, 0.05) is 10.9 Å². The van der Waals surface area contributed by atoms with Gasteiger partial charge >= 0.3 is 0 Å². The predicted octanol–water partition coefficient (Wildman–Crippen LogP) is 4.44. The molecular weight excluding hydrogens is 307 g/mol. The van der Waals surface area contributed by atoms with Gasteiger partial charge in [0.25, 0.3) is 0 Å². The van der Waals surface area contributed by atoms with E-state index in [-0.39, 0.29) is 12.0 Å². The Hall–Kier alpha value is -1.22. The van der Waals surface area contributed by atoms with Crippen LogP contribution in [0.5, 0.6) is 5.75 Å². The van der Waals surface area contributed by atoms with Crippen molar-refractivity contribution >= 4 is 23.2 Å². The van der Waals surface area contributed by atoms with Crippen molar-refractivity contribution in [3.05, 3.63) is 63.1 Å². The number of methoxy groups -OCH3 is 1. The molecule has 21 heavy (non-hydrogen) atoms. The van der Waals surface area contributed by atoms with Gasteiger partial charge < -0.3 is 9.84 Å². The van der Waals surface area contributed by atoms with Crippen molar-refractivity contribution < 1.29 is 9.84 Å². The van der Waals surface area contributed by atoms with Crippen LogP contribution in [-0.2, 0) is 6.42 Å². The third-order valence-corrected chi connectivity index (χ3v) is 4.53. The second-order valence-electron chi connectivity index (χ2n) is 5.39. The zero-order valence-corrected chi connectivity index (χ0v) is 13.2. The first kappa shape index (κ1) is 14.7. The number of hydrogen-bond donors (Lipinski definition) is 1. The lowest BCUT2D eigenvalue weighted by molar-refractivity contribution is 0.152. The zero-order chi connectivity index (χ0) is 15.0. The maximum absolute atomic E-state index is 10.2. The Kier molecular flexibility index (Phi) is 4.12. The van der Waals surface area contributed by atoms with Crippen LogP contribution in [0.25, 0.3) is 0 Å². The Morgan fingerprint density at radius 2 is 2.00 bits per heavy atom. The van der Waals surface area contributed by atoms with Gasteiger partial charge in [-0.3, -0.25) is 0 Å². The molecular formula is C17H16Cl2O2. The molecule has 0 amide bonds. The average Bonchev–Trinajstić information content (AvgIpc) is 2.45. The van der Waals surface area contributed by atoms with E-state index in [1.54, 1.807) is 7.11 Å². The number of aliphatic hydroxyl groups is 1. The smallest absolute Gasteiger partial charge is 0.137 e. The second kappa shape index (κ2) is 5.88. The Morgan fingerprint density at radius 3 is 2.71 bits per heavy atom. The maximum atomic E-state index is 10.2. The van der Waals surface area contributed by atoms with Gasteiger partial charge in [0.15, 0.2) is 0 Å². The molecule has 2 aromatic carbocycles. The Bertz CT molecular complexity index is 670. The summed E-state index contributed by atoms with van der Waals surface area (Å²) in [5, 5.41) is 11.4. The minimum Gasteiger partial charge on any atom is -0.495 e. The highest BCUT2D eigenvalue weighted by atomic mass is 35.5. The lowest BCUT2D eigenvalue weighted by atomic mass is 9.77. The van der Waals surface area contributed by atoms with E-state index in [4.69, 9.17) is 27.9 Å². The molecule has 0 fully saturated rings. The SMILES string of the molecule is COc1cc2c(cc1Cl)CC(O)CC2c1cccc(Cl)c1. The number of hydrogen-bond acceptors (Lipinski definition) is 2. The van der Waals surface area contributed by atoms with Crippen molar-refractivity contribution in [3.63, 3.8) is 0 Å². The lowest BCUT2D eigenvalue weighted by Gasteiger charge is -2.30. The number of halogens is 2. The summed E-state index contributed by atoms with van der Waals surface area (Å²) in [5.41, 5.74) is 3.33. The van der Waals surface area contributed by atoms with E-state index in [0.717, 1.165) is 16.7 Å². The highest BCUT2D eigenvalue weighted by molar-refractivity contribution is 6.32. The standard InChI is InChI=1S/C17H16Cl2O2/c1-21-17-9-15-11(7-16(17)19)6-13(20)8-14(15)10-3-2-4-12(18)5-10/h2-5,7,9,13-14,20H,6,8H2,1H3. The fourth-order valence-corrected chi connectivity index (χ4v) is 3.51. The van der Waals surface area contributed by atoms with Crippen LogP contribution in [0.2, 0.25) is 10.0 Å². The molecule has 2 atom stereocenters. The third kappa shape index (κ3) is 2.89. The van der Waals surface area contributed by atoms with Crippen LogP contribution >= 0.6 is 23.2 Å². The second-order valence-corrected chi connectivity index (χ2v) is 6.23. The summed E-state index contributed by atoms with van der Waals surface area (Å²) in [6.45, 7) is 0. The summed E-state index contributed by atoms with van der Waals surface area (Å²) < 4.78 is 5.33. The molecule has 0 saturated carbocycles. The quantitative estimate of drug-likeness (QED) is 0.885. The molecule has 0 saturated heterocycles. The summed E-state index contributed by atoms with van der Waals surface area (Å²) in [5.74, 6) is 0.771. The number of aliphatic hydroxyl groups excluding tert-OH is 1. The molecule has 0 aliphatic heterocycles. The molecule has 1 N–H and O–H groups in total. The monoisotopic (exact) mass is 322 g/mol. The number of ether oxygens (including phenoxy) is 1. The first-order valence-electron chi connectivity index (χ1n) is 6.88. The molecule has 2 unspecified atom stereocenters. The molecule has 1 aliphatic rings. The summed E-state index contributed by atoms with van der Waals surface area (Å²) in [6, 6.07) is 11.7.